The van der Waals surface area contributed by atoms with Crippen molar-refractivity contribution in [3.63, 3.8) is 0 Å². The molecule has 0 N–H and O–H groups in total. The molecule has 0 aromatic carbocycles. The van der Waals surface area contributed by atoms with E-state index in [1.165, 1.54) is 11.4 Å². The molecule has 0 aromatic rings. The van der Waals surface area contributed by atoms with Gasteiger partial charge >= 0.3 is 0 Å². The first-order valence-electron chi connectivity index (χ1n) is 9.17. The minimum absolute atomic E-state index is 0.0252. The van der Waals surface area contributed by atoms with Crippen LogP contribution in [0.2, 0.25) is 0 Å². The molecule has 3 aliphatic rings. The molecule has 3 fully saturated rings. The molecule has 20 heavy (non-hydrogen) atoms. The van der Waals surface area contributed by atoms with Crippen LogP contribution in [0.4, 0.5) is 0 Å². The summed E-state index contributed by atoms with van der Waals surface area (Å²) in [6.07, 6.45) is 2.49. The van der Waals surface area contributed by atoms with E-state index < -0.39 is 31.9 Å². The van der Waals surface area contributed by atoms with Gasteiger partial charge in [0.15, 0.2) is 0 Å². The van der Waals surface area contributed by atoms with E-state index in [0.717, 1.165) is 19.3 Å². The first-order chi connectivity index (χ1) is 10.9. The predicted octanol–water partition coefficient (Wildman–Crippen LogP) is 3.69. The van der Waals surface area contributed by atoms with E-state index in [1.807, 2.05) is 0 Å². The predicted molar refractivity (Wildman–Crippen MR) is 81.5 cm³/mol. The highest BCUT2D eigenvalue weighted by atomic mass is 32.7. The van der Waals surface area contributed by atoms with Gasteiger partial charge in [-0.2, -0.15) is 0 Å². The molecule has 0 aliphatic carbocycles. The summed E-state index contributed by atoms with van der Waals surface area (Å²) < 4.78 is 53.1. The van der Waals surface area contributed by atoms with E-state index in [2.05, 4.69) is 6.92 Å². The fourth-order valence-electron chi connectivity index (χ4n) is 2.97. The van der Waals surface area contributed by atoms with Crippen molar-refractivity contribution in [3.8, 4) is 0 Å². The number of hydrogen-bond acceptors (Lipinski definition) is 5. The summed E-state index contributed by atoms with van der Waals surface area (Å²) in [6, 6.07) is 0. The van der Waals surface area contributed by atoms with Crippen molar-refractivity contribution in [1.82, 2.24) is 0 Å². The van der Waals surface area contributed by atoms with Crippen LogP contribution in [0.5, 0.6) is 0 Å². The number of rotatable bonds is 3. The Kier molecular flexibility index (Phi) is 3.76. The Morgan fingerprint density at radius 3 is 3.00 bits per heavy atom. The zero-order valence-corrected chi connectivity index (χ0v) is 13.5. The SMILES string of the molecule is [2H]C[C@H]1O[C@@H]([3H])C[C@@H]1O[P@@]1(=O)CCC[C@H]([C@H]2O[C@@H]([3H])C[C@@H]2C)S1. The summed E-state index contributed by atoms with van der Waals surface area (Å²) in [5, 5.41) is 0.100. The maximum absolute atomic E-state index is 13.2. The molecule has 0 amide bonds. The zero-order chi connectivity index (χ0) is 16.6. The third-order valence-corrected chi connectivity index (χ3v) is 9.31. The lowest BCUT2D eigenvalue weighted by atomic mass is 9.99. The first kappa shape index (κ1) is 12.0. The van der Waals surface area contributed by atoms with Crippen molar-refractivity contribution in [2.45, 2.75) is 63.1 Å². The van der Waals surface area contributed by atoms with Gasteiger partial charge in [0.2, 0.25) is 0 Å². The molecule has 116 valence electrons. The molecule has 0 aromatic heterocycles. The van der Waals surface area contributed by atoms with Crippen LogP contribution in [0.15, 0.2) is 0 Å². The van der Waals surface area contributed by atoms with E-state index >= 15 is 0 Å². The van der Waals surface area contributed by atoms with Gasteiger partial charge in [-0.3, -0.25) is 4.57 Å². The maximum Gasteiger partial charge on any atom is 0.258 e. The van der Waals surface area contributed by atoms with Crippen LogP contribution in [-0.2, 0) is 18.6 Å². The van der Waals surface area contributed by atoms with Crippen LogP contribution in [-0.4, -0.2) is 42.9 Å². The molecule has 0 unspecified atom stereocenters. The largest absolute Gasteiger partial charge is 0.377 e. The van der Waals surface area contributed by atoms with Crippen molar-refractivity contribution in [1.29, 1.82) is 0 Å². The van der Waals surface area contributed by atoms with Crippen LogP contribution in [0, 0.1) is 5.92 Å². The quantitative estimate of drug-likeness (QED) is 0.740. The normalized spacial score (nSPS) is 59.0. The van der Waals surface area contributed by atoms with Crippen LogP contribution in [0.25, 0.3) is 0 Å². The van der Waals surface area contributed by atoms with Crippen molar-refractivity contribution in [3.05, 3.63) is 0 Å². The second-order valence-electron chi connectivity index (χ2n) is 5.82. The number of hydrogen-bond donors (Lipinski definition) is 0. The summed E-state index contributed by atoms with van der Waals surface area (Å²) in [4.78, 5) is 0. The van der Waals surface area contributed by atoms with Crippen molar-refractivity contribution in [2.75, 3.05) is 19.3 Å². The molecule has 8 atom stereocenters. The minimum Gasteiger partial charge on any atom is -0.377 e. The minimum atomic E-state index is -2.87. The summed E-state index contributed by atoms with van der Waals surface area (Å²) >= 11 is 1.38. The standard InChI is InChI=1S/C14H25O4PS/c1-10-5-7-17-14(10)13-4-3-9-19(15,20-13)18-12-6-8-16-11(12)2/h10-14H,3-9H2,1-2H3/t10-,11+,12-,13+,14-,19-/m0/s1/i2D,7T,8T/t7-,8-,10-,11+,12-,13+,14-,19-. The topological polar surface area (TPSA) is 44.8 Å². The van der Waals surface area contributed by atoms with Gasteiger partial charge in [0, 0.05) is 25.9 Å². The van der Waals surface area contributed by atoms with E-state index in [-0.39, 0.29) is 18.3 Å². The van der Waals surface area contributed by atoms with E-state index in [1.54, 1.807) is 0 Å². The average Bonchev–Trinajstić information content (AvgIpc) is 3.00. The second-order valence-corrected chi connectivity index (χ2v) is 10.8. The fraction of sp³-hybridized carbons (Fsp3) is 1.00. The lowest BCUT2D eigenvalue weighted by Gasteiger charge is -2.34. The van der Waals surface area contributed by atoms with Crippen LogP contribution in [0.3, 0.4) is 0 Å². The third-order valence-electron chi connectivity index (χ3n) is 4.18. The van der Waals surface area contributed by atoms with Gasteiger partial charge in [-0.15, -0.1) is 0 Å². The lowest BCUT2D eigenvalue weighted by Crippen LogP contribution is -2.30. The van der Waals surface area contributed by atoms with Crippen LogP contribution < -0.4 is 0 Å². The zero-order valence-electron chi connectivity index (χ0n) is 14.8. The molecule has 3 saturated heterocycles. The molecule has 3 rings (SSSR count). The first-order valence-corrected chi connectivity index (χ1v) is 10.6. The molecule has 3 heterocycles. The fourth-order valence-corrected chi connectivity index (χ4v) is 8.67. The van der Waals surface area contributed by atoms with E-state index in [4.69, 9.17) is 18.1 Å². The Hall–Kier alpha value is 0.460. The smallest absolute Gasteiger partial charge is 0.258 e. The van der Waals surface area contributed by atoms with Gasteiger partial charge in [-0.1, -0.05) is 18.3 Å². The van der Waals surface area contributed by atoms with Crippen molar-refractivity contribution >= 4 is 18.0 Å². The maximum atomic E-state index is 13.2. The molecular formula is C14H25O4PS. The van der Waals surface area contributed by atoms with Crippen molar-refractivity contribution in [2.24, 2.45) is 5.92 Å². The Balaban J connectivity index is 1.64. The van der Waals surface area contributed by atoms with Gasteiger partial charge < -0.3 is 14.0 Å². The Labute approximate surface area is 129 Å². The summed E-state index contributed by atoms with van der Waals surface area (Å²) in [6.45, 7) is -1.91. The van der Waals surface area contributed by atoms with E-state index in [9.17, 15) is 4.57 Å². The second kappa shape index (κ2) is 6.29. The molecule has 3 aliphatic heterocycles. The van der Waals surface area contributed by atoms with Gasteiger partial charge in [-0.05, 0) is 38.5 Å². The Morgan fingerprint density at radius 1 is 1.40 bits per heavy atom. The highest BCUT2D eigenvalue weighted by Gasteiger charge is 2.43. The molecule has 0 saturated carbocycles. The molecule has 6 heteroatoms. The summed E-state index contributed by atoms with van der Waals surface area (Å²) in [5.41, 5.74) is 0. The molecular weight excluding hydrogens is 295 g/mol. The molecule has 0 radical (unpaired) electrons. The van der Waals surface area contributed by atoms with E-state index in [0.29, 0.717) is 18.5 Å². The molecule has 4 nitrogen and oxygen atoms in total. The Morgan fingerprint density at radius 2 is 2.25 bits per heavy atom. The van der Waals surface area contributed by atoms with Gasteiger partial charge in [0.05, 0.1) is 21.1 Å². The van der Waals surface area contributed by atoms with Gasteiger partial charge in [-0.25, -0.2) is 0 Å². The number of ether oxygens (including phenoxy) is 2. The molecule has 0 bridgehead atoms. The summed E-state index contributed by atoms with van der Waals surface area (Å²) in [7, 11) is 0. The Bertz CT molecular complexity index is 471. The highest BCUT2D eigenvalue weighted by Crippen LogP contribution is 2.67. The monoisotopic (exact) mass is 325 g/mol. The highest BCUT2D eigenvalue weighted by molar-refractivity contribution is 8.57. The van der Waals surface area contributed by atoms with Crippen molar-refractivity contribution < 1.29 is 22.7 Å². The van der Waals surface area contributed by atoms with Gasteiger partial charge in [0.25, 0.3) is 6.57 Å². The van der Waals surface area contributed by atoms with Crippen LogP contribution in [0.1, 0.15) is 43.6 Å². The summed E-state index contributed by atoms with van der Waals surface area (Å²) in [5.74, 6) is 0.301. The van der Waals surface area contributed by atoms with Gasteiger partial charge in [0.1, 0.15) is 0 Å². The lowest BCUT2D eigenvalue weighted by molar-refractivity contribution is 0.0694. The molecule has 0 spiro atoms. The van der Waals surface area contributed by atoms with Crippen LogP contribution >= 0.6 is 18.0 Å². The third kappa shape index (κ3) is 3.27. The average molecular weight is 325 g/mol.